The van der Waals surface area contributed by atoms with E-state index in [1.54, 1.807) is 0 Å². The normalized spacial score (nSPS) is 24.6. The molecular formula is C19H21NO. The molecule has 2 atom stereocenters. The molecule has 108 valence electrons. The van der Waals surface area contributed by atoms with Gasteiger partial charge in [-0.1, -0.05) is 38.0 Å². The number of ether oxygens (including phenoxy) is 1. The molecule has 0 aromatic heterocycles. The molecule has 2 aliphatic rings. The molecule has 0 amide bonds. The molecule has 1 saturated carbocycles. The van der Waals surface area contributed by atoms with Crippen LogP contribution in [-0.2, 0) is 4.74 Å². The highest BCUT2D eigenvalue weighted by atomic mass is 16.6. The van der Waals surface area contributed by atoms with Crippen LogP contribution in [0.15, 0.2) is 24.3 Å². The van der Waals surface area contributed by atoms with Crippen molar-refractivity contribution in [1.29, 1.82) is 5.26 Å². The Morgan fingerprint density at radius 1 is 1.19 bits per heavy atom. The van der Waals surface area contributed by atoms with Crippen molar-refractivity contribution in [2.45, 2.75) is 57.7 Å². The van der Waals surface area contributed by atoms with Gasteiger partial charge < -0.3 is 4.74 Å². The Hall–Kier alpha value is -1.77. The molecule has 1 aliphatic carbocycles. The summed E-state index contributed by atoms with van der Waals surface area (Å²) in [6.07, 6.45) is 8.21. The van der Waals surface area contributed by atoms with E-state index in [2.05, 4.69) is 24.8 Å². The lowest BCUT2D eigenvalue weighted by Gasteiger charge is -2.02. The Kier molecular flexibility index (Phi) is 4.00. The standard InChI is InChI=1S/C19H21NO/c1-2-3-4-5-17-18(21-17)19(12-13-19)11-10-15-6-8-16(14-20)9-7-15/h6-9,17-18H,2-5,12-13H2,1H3/t17-,18-/m0/s1. The highest BCUT2D eigenvalue weighted by Gasteiger charge is 2.60. The third kappa shape index (κ3) is 3.29. The van der Waals surface area contributed by atoms with E-state index < -0.39 is 0 Å². The van der Waals surface area contributed by atoms with Crippen molar-refractivity contribution in [3.05, 3.63) is 35.4 Å². The fourth-order valence-electron chi connectivity index (χ4n) is 2.88. The van der Waals surface area contributed by atoms with Crippen LogP contribution in [-0.4, -0.2) is 12.2 Å². The smallest absolute Gasteiger partial charge is 0.101 e. The van der Waals surface area contributed by atoms with Crippen molar-refractivity contribution in [3.63, 3.8) is 0 Å². The number of nitrogens with zero attached hydrogens (tertiary/aromatic N) is 1. The maximum absolute atomic E-state index is 8.79. The fraction of sp³-hybridized carbons (Fsp3) is 0.526. The van der Waals surface area contributed by atoms with Gasteiger partial charge in [0.25, 0.3) is 0 Å². The topological polar surface area (TPSA) is 36.3 Å². The van der Waals surface area contributed by atoms with Crippen LogP contribution < -0.4 is 0 Å². The summed E-state index contributed by atoms with van der Waals surface area (Å²) in [6, 6.07) is 9.63. The quantitative estimate of drug-likeness (QED) is 0.463. The van der Waals surface area contributed by atoms with Gasteiger partial charge in [0.05, 0.1) is 23.2 Å². The third-order valence-electron chi connectivity index (χ3n) is 4.48. The lowest BCUT2D eigenvalue weighted by molar-refractivity contribution is 0.328. The molecule has 2 fully saturated rings. The average molecular weight is 279 g/mol. The maximum Gasteiger partial charge on any atom is 0.101 e. The van der Waals surface area contributed by atoms with E-state index in [1.807, 2.05) is 24.3 Å². The van der Waals surface area contributed by atoms with Crippen LogP contribution in [0.1, 0.15) is 56.6 Å². The van der Waals surface area contributed by atoms with Crippen LogP contribution in [0.2, 0.25) is 0 Å². The lowest BCUT2D eigenvalue weighted by atomic mass is 9.97. The minimum atomic E-state index is 0.130. The van der Waals surface area contributed by atoms with E-state index in [0.717, 1.165) is 5.56 Å². The fourth-order valence-corrected chi connectivity index (χ4v) is 2.88. The summed E-state index contributed by atoms with van der Waals surface area (Å²) in [6.45, 7) is 2.23. The number of hydrogen-bond acceptors (Lipinski definition) is 2. The number of epoxide rings is 1. The molecule has 0 N–H and O–H groups in total. The second-order valence-electron chi connectivity index (χ2n) is 6.19. The summed E-state index contributed by atoms with van der Waals surface area (Å²) >= 11 is 0. The second-order valence-corrected chi connectivity index (χ2v) is 6.19. The van der Waals surface area contributed by atoms with Gasteiger partial charge in [0.1, 0.15) is 6.10 Å². The Labute approximate surface area is 127 Å². The van der Waals surface area contributed by atoms with Crippen LogP contribution in [0.3, 0.4) is 0 Å². The molecule has 0 radical (unpaired) electrons. The molecule has 2 heteroatoms. The molecule has 1 aromatic rings. The first kappa shape index (κ1) is 14.2. The average Bonchev–Trinajstić information content (AvgIpc) is 3.41. The summed E-state index contributed by atoms with van der Waals surface area (Å²) in [7, 11) is 0. The highest BCUT2D eigenvalue weighted by Crippen LogP contribution is 2.57. The molecule has 1 saturated heterocycles. The monoisotopic (exact) mass is 279 g/mol. The molecule has 0 bridgehead atoms. The number of benzene rings is 1. The SMILES string of the molecule is CCCCC[C@@H]1O[C@@H]1C1(C#Cc2ccc(C#N)cc2)CC1. The minimum absolute atomic E-state index is 0.130. The zero-order chi connectivity index (χ0) is 14.7. The van der Waals surface area contributed by atoms with Crippen LogP contribution in [0.5, 0.6) is 0 Å². The molecule has 1 aliphatic heterocycles. The first-order valence-electron chi connectivity index (χ1n) is 7.96. The third-order valence-corrected chi connectivity index (χ3v) is 4.48. The molecule has 21 heavy (non-hydrogen) atoms. The van der Waals surface area contributed by atoms with E-state index in [4.69, 9.17) is 10.00 Å². The van der Waals surface area contributed by atoms with E-state index >= 15 is 0 Å². The van der Waals surface area contributed by atoms with Gasteiger partial charge in [-0.25, -0.2) is 0 Å². The summed E-state index contributed by atoms with van der Waals surface area (Å²) in [4.78, 5) is 0. The van der Waals surface area contributed by atoms with Gasteiger partial charge >= 0.3 is 0 Å². The van der Waals surface area contributed by atoms with Gasteiger partial charge in [0.2, 0.25) is 0 Å². The van der Waals surface area contributed by atoms with Crippen molar-refractivity contribution in [3.8, 4) is 17.9 Å². The van der Waals surface area contributed by atoms with Gasteiger partial charge in [-0.3, -0.25) is 0 Å². The molecule has 2 nitrogen and oxygen atoms in total. The summed E-state index contributed by atoms with van der Waals surface area (Å²) < 4.78 is 5.87. The number of rotatable bonds is 5. The van der Waals surface area contributed by atoms with E-state index in [9.17, 15) is 0 Å². The molecule has 1 heterocycles. The van der Waals surface area contributed by atoms with Gasteiger partial charge in [0, 0.05) is 5.56 Å². The number of unbranched alkanes of at least 4 members (excludes halogenated alkanes) is 2. The zero-order valence-corrected chi connectivity index (χ0v) is 12.6. The van der Waals surface area contributed by atoms with E-state index in [-0.39, 0.29) is 5.41 Å². The first-order valence-corrected chi connectivity index (χ1v) is 7.96. The molecule has 3 rings (SSSR count). The number of nitriles is 1. The van der Waals surface area contributed by atoms with Crippen LogP contribution in [0.25, 0.3) is 0 Å². The zero-order valence-electron chi connectivity index (χ0n) is 12.6. The lowest BCUT2D eigenvalue weighted by Crippen LogP contribution is -2.09. The molecule has 0 spiro atoms. The van der Waals surface area contributed by atoms with Gasteiger partial charge in [-0.15, -0.1) is 0 Å². The van der Waals surface area contributed by atoms with Crippen molar-refractivity contribution in [2.75, 3.05) is 0 Å². The van der Waals surface area contributed by atoms with Crippen molar-refractivity contribution < 1.29 is 4.74 Å². The largest absolute Gasteiger partial charge is 0.368 e. The van der Waals surface area contributed by atoms with Crippen molar-refractivity contribution >= 4 is 0 Å². The van der Waals surface area contributed by atoms with E-state index in [0.29, 0.717) is 17.8 Å². The van der Waals surface area contributed by atoms with Gasteiger partial charge in [-0.05, 0) is 43.5 Å². The molecule has 0 unspecified atom stereocenters. The van der Waals surface area contributed by atoms with Crippen LogP contribution in [0.4, 0.5) is 0 Å². The van der Waals surface area contributed by atoms with E-state index in [1.165, 1.54) is 38.5 Å². The van der Waals surface area contributed by atoms with Gasteiger partial charge in [0.15, 0.2) is 0 Å². The summed E-state index contributed by atoms with van der Waals surface area (Å²) in [5.74, 6) is 6.72. The van der Waals surface area contributed by atoms with Crippen molar-refractivity contribution in [1.82, 2.24) is 0 Å². The predicted molar refractivity (Wildman–Crippen MR) is 82.5 cm³/mol. The van der Waals surface area contributed by atoms with Crippen LogP contribution in [0, 0.1) is 28.6 Å². The first-order chi connectivity index (χ1) is 10.3. The summed E-state index contributed by atoms with van der Waals surface area (Å²) in [5, 5.41) is 8.79. The van der Waals surface area contributed by atoms with Gasteiger partial charge in [-0.2, -0.15) is 5.26 Å². The Bertz CT molecular complexity index is 595. The molecule has 1 aromatic carbocycles. The predicted octanol–water partition coefficient (Wildman–Crippen LogP) is 4.04. The minimum Gasteiger partial charge on any atom is -0.368 e. The second kappa shape index (κ2) is 5.92. The number of hydrogen-bond donors (Lipinski definition) is 0. The van der Waals surface area contributed by atoms with Crippen molar-refractivity contribution in [2.24, 2.45) is 5.41 Å². The highest BCUT2D eigenvalue weighted by molar-refractivity contribution is 5.42. The summed E-state index contributed by atoms with van der Waals surface area (Å²) in [5.41, 5.74) is 1.80. The Balaban J connectivity index is 1.58. The Morgan fingerprint density at radius 3 is 2.52 bits per heavy atom. The Morgan fingerprint density at radius 2 is 1.90 bits per heavy atom. The maximum atomic E-state index is 8.79. The molecular weight excluding hydrogens is 258 g/mol. The van der Waals surface area contributed by atoms with Crippen LogP contribution >= 0.6 is 0 Å².